The van der Waals surface area contributed by atoms with E-state index in [2.05, 4.69) is 28.6 Å². The van der Waals surface area contributed by atoms with Crippen LogP contribution >= 0.6 is 12.6 Å². The van der Waals surface area contributed by atoms with Crippen molar-refractivity contribution in [2.24, 2.45) is 11.5 Å². The predicted octanol–water partition coefficient (Wildman–Crippen LogP) is -3.08. The Labute approximate surface area is 163 Å². The van der Waals surface area contributed by atoms with Crippen LogP contribution in [-0.4, -0.2) is 77.0 Å². The summed E-state index contributed by atoms with van der Waals surface area (Å²) in [6.45, 7) is 1.31. The summed E-state index contributed by atoms with van der Waals surface area (Å²) in [5, 5.41) is 25.1. The van der Waals surface area contributed by atoms with E-state index in [-0.39, 0.29) is 5.75 Å². The van der Waals surface area contributed by atoms with Gasteiger partial charge in [0.1, 0.15) is 6.04 Å². The summed E-state index contributed by atoms with van der Waals surface area (Å²) >= 11 is 3.94. The molecule has 0 aliphatic heterocycles. The molecule has 0 bridgehead atoms. The minimum absolute atomic E-state index is 0.115. The number of nitrogens with two attached hydrogens (primary N) is 2. The molecule has 0 aromatic heterocycles. The van der Waals surface area contributed by atoms with Crippen LogP contribution in [0.2, 0.25) is 0 Å². The number of carbonyl (C=O) groups excluding carboxylic acids is 3. The number of rotatable bonds is 13. The third-order valence-corrected chi connectivity index (χ3v) is 3.97. The normalized spacial score (nSPS) is 15.1. The molecule has 11 nitrogen and oxygen atoms in total. The van der Waals surface area contributed by atoms with E-state index in [1.54, 1.807) is 0 Å². The van der Waals surface area contributed by atoms with E-state index < -0.39 is 54.5 Å². The average Bonchev–Trinajstić information content (AvgIpc) is 2.61. The molecule has 3 amide bonds. The first-order valence-electron chi connectivity index (χ1n) is 8.48. The molecule has 12 heteroatoms. The number of carboxylic acid groups (broad SMARTS) is 1. The summed E-state index contributed by atoms with van der Waals surface area (Å²) in [5.41, 5.74) is 11.0. The Balaban J connectivity index is 4.48. The summed E-state index contributed by atoms with van der Waals surface area (Å²) < 4.78 is 0. The first kappa shape index (κ1) is 25.1. The standard InChI is InChI=1S/C15H29N5O6S/c1-8(21)12(15(25)26)20-14(24)10(7-27)19-11(22)6-18-13(23)9(17)4-2-3-5-16/h8-10,12,21,27H,2-7,16-17H2,1H3,(H,18,23)(H,19,22)(H,20,24)(H,25,26). The van der Waals surface area contributed by atoms with Gasteiger partial charge in [-0.3, -0.25) is 14.4 Å². The van der Waals surface area contributed by atoms with Crippen LogP contribution in [0, 0.1) is 0 Å². The molecule has 0 heterocycles. The number of aliphatic hydroxyl groups is 1. The van der Waals surface area contributed by atoms with E-state index in [1.807, 2.05) is 0 Å². The number of thiol groups is 1. The molecule has 0 aliphatic rings. The summed E-state index contributed by atoms with van der Waals surface area (Å²) in [6, 6.07) is -3.43. The third-order valence-electron chi connectivity index (χ3n) is 3.61. The van der Waals surface area contributed by atoms with Gasteiger partial charge >= 0.3 is 5.97 Å². The highest BCUT2D eigenvalue weighted by Gasteiger charge is 2.29. The van der Waals surface area contributed by atoms with Gasteiger partial charge < -0.3 is 37.6 Å². The number of aliphatic hydroxyl groups excluding tert-OH is 1. The van der Waals surface area contributed by atoms with Crippen LogP contribution in [0.3, 0.4) is 0 Å². The fourth-order valence-electron chi connectivity index (χ4n) is 2.02. The van der Waals surface area contributed by atoms with Gasteiger partial charge in [-0.1, -0.05) is 6.42 Å². The van der Waals surface area contributed by atoms with Gasteiger partial charge in [0.15, 0.2) is 6.04 Å². The number of nitrogens with one attached hydrogen (secondary N) is 3. The molecule has 0 aliphatic carbocycles. The molecular formula is C15H29N5O6S. The Morgan fingerprint density at radius 1 is 1.11 bits per heavy atom. The maximum atomic E-state index is 12.1. The van der Waals surface area contributed by atoms with E-state index in [0.29, 0.717) is 19.4 Å². The van der Waals surface area contributed by atoms with E-state index in [9.17, 15) is 24.3 Å². The lowest BCUT2D eigenvalue weighted by Gasteiger charge is -2.21. The second-order valence-corrected chi connectivity index (χ2v) is 6.34. The first-order chi connectivity index (χ1) is 12.6. The summed E-state index contributed by atoms with van der Waals surface area (Å²) in [7, 11) is 0. The monoisotopic (exact) mass is 407 g/mol. The van der Waals surface area contributed by atoms with Gasteiger partial charge in [0.2, 0.25) is 17.7 Å². The van der Waals surface area contributed by atoms with Gasteiger partial charge in [-0.2, -0.15) is 12.6 Å². The fraction of sp³-hybridized carbons (Fsp3) is 0.733. The van der Waals surface area contributed by atoms with Crippen molar-refractivity contribution >= 4 is 36.3 Å². The molecular weight excluding hydrogens is 378 g/mol. The second-order valence-electron chi connectivity index (χ2n) is 5.98. The van der Waals surface area contributed by atoms with Crippen LogP contribution in [0.25, 0.3) is 0 Å². The molecule has 0 radical (unpaired) electrons. The highest BCUT2D eigenvalue weighted by Crippen LogP contribution is 1.98. The van der Waals surface area contributed by atoms with E-state index >= 15 is 0 Å². The zero-order chi connectivity index (χ0) is 21.0. The van der Waals surface area contributed by atoms with E-state index in [4.69, 9.17) is 16.6 Å². The topological polar surface area (TPSA) is 197 Å². The Morgan fingerprint density at radius 3 is 2.22 bits per heavy atom. The van der Waals surface area contributed by atoms with Gasteiger partial charge in [-0.25, -0.2) is 4.79 Å². The second kappa shape index (κ2) is 13.3. The van der Waals surface area contributed by atoms with Crippen molar-refractivity contribution in [3.05, 3.63) is 0 Å². The maximum Gasteiger partial charge on any atom is 0.328 e. The largest absolute Gasteiger partial charge is 0.480 e. The highest BCUT2D eigenvalue weighted by atomic mass is 32.1. The van der Waals surface area contributed by atoms with Crippen molar-refractivity contribution in [2.75, 3.05) is 18.8 Å². The Kier molecular flexibility index (Phi) is 12.4. The lowest BCUT2D eigenvalue weighted by molar-refractivity contribution is -0.145. The number of carboxylic acids is 1. The van der Waals surface area contributed by atoms with Crippen molar-refractivity contribution in [3.63, 3.8) is 0 Å². The molecule has 156 valence electrons. The van der Waals surface area contributed by atoms with Crippen molar-refractivity contribution in [1.82, 2.24) is 16.0 Å². The van der Waals surface area contributed by atoms with Crippen LogP contribution in [0.5, 0.6) is 0 Å². The number of aliphatic carboxylic acids is 1. The molecule has 0 saturated heterocycles. The zero-order valence-corrected chi connectivity index (χ0v) is 16.1. The number of amides is 3. The number of carbonyl (C=O) groups is 4. The molecule has 0 aromatic rings. The third kappa shape index (κ3) is 10.1. The Morgan fingerprint density at radius 2 is 1.74 bits per heavy atom. The molecule has 9 N–H and O–H groups in total. The van der Waals surface area contributed by atoms with Gasteiger partial charge in [0, 0.05) is 5.75 Å². The van der Waals surface area contributed by atoms with Gasteiger partial charge in [0.25, 0.3) is 0 Å². The van der Waals surface area contributed by atoms with Crippen LogP contribution in [-0.2, 0) is 19.2 Å². The molecule has 4 unspecified atom stereocenters. The highest BCUT2D eigenvalue weighted by molar-refractivity contribution is 7.80. The fourth-order valence-corrected chi connectivity index (χ4v) is 2.28. The molecule has 27 heavy (non-hydrogen) atoms. The van der Waals surface area contributed by atoms with Crippen LogP contribution < -0.4 is 27.4 Å². The minimum Gasteiger partial charge on any atom is -0.480 e. The predicted molar refractivity (Wildman–Crippen MR) is 101 cm³/mol. The summed E-state index contributed by atoms with van der Waals surface area (Å²) in [4.78, 5) is 46.7. The molecule has 0 fully saturated rings. The minimum atomic E-state index is -1.52. The molecule has 4 atom stereocenters. The molecule has 0 saturated carbocycles. The van der Waals surface area contributed by atoms with Gasteiger partial charge in [0.05, 0.1) is 18.7 Å². The Hall–Kier alpha value is -1.89. The number of hydrogen-bond acceptors (Lipinski definition) is 8. The lowest BCUT2D eigenvalue weighted by atomic mass is 10.1. The maximum absolute atomic E-state index is 12.1. The Bertz CT molecular complexity index is 519. The lowest BCUT2D eigenvalue weighted by Crippen LogP contribution is -2.56. The summed E-state index contributed by atoms with van der Waals surface area (Å²) in [6.07, 6.45) is 0.530. The van der Waals surface area contributed by atoms with Crippen LogP contribution in [0.4, 0.5) is 0 Å². The molecule has 0 aromatic carbocycles. The van der Waals surface area contributed by atoms with Gasteiger partial charge in [-0.15, -0.1) is 0 Å². The van der Waals surface area contributed by atoms with Gasteiger partial charge in [-0.05, 0) is 26.3 Å². The van der Waals surface area contributed by atoms with Crippen molar-refractivity contribution in [3.8, 4) is 0 Å². The quantitative estimate of drug-likeness (QED) is 0.116. The van der Waals surface area contributed by atoms with Crippen molar-refractivity contribution < 1.29 is 29.4 Å². The molecule has 0 rings (SSSR count). The summed E-state index contributed by atoms with van der Waals surface area (Å²) in [5.74, 6) is -3.53. The zero-order valence-electron chi connectivity index (χ0n) is 15.2. The molecule has 0 spiro atoms. The van der Waals surface area contributed by atoms with E-state index in [1.165, 1.54) is 6.92 Å². The SMILES string of the molecule is CC(O)C(NC(=O)C(CS)NC(=O)CNC(=O)C(N)CCCCN)C(=O)O. The number of unbranched alkanes of at least 4 members (excludes halogenated alkanes) is 1. The van der Waals surface area contributed by atoms with Crippen molar-refractivity contribution in [1.29, 1.82) is 0 Å². The first-order valence-corrected chi connectivity index (χ1v) is 9.12. The average molecular weight is 407 g/mol. The van der Waals surface area contributed by atoms with Crippen molar-refractivity contribution in [2.45, 2.75) is 50.4 Å². The van der Waals surface area contributed by atoms with E-state index in [0.717, 1.165) is 6.42 Å². The smallest absolute Gasteiger partial charge is 0.328 e. The van der Waals surface area contributed by atoms with Crippen LogP contribution in [0.15, 0.2) is 0 Å². The number of hydrogen-bond donors (Lipinski definition) is 8. The van der Waals surface area contributed by atoms with Crippen LogP contribution in [0.1, 0.15) is 26.2 Å².